The molecular weight excluding hydrogens is 491 g/mol. The SMILES string of the molecule is COc1cc(OC)cc(-c2csc(N3CCC(S(=O)(=O)c4cc(Cl)cc(Cl)c4)CC3)n2)c1. The molecule has 170 valence electrons. The molecule has 0 aliphatic carbocycles. The Morgan fingerprint density at radius 2 is 1.56 bits per heavy atom. The van der Waals surface area contributed by atoms with Gasteiger partial charge in [0.05, 0.1) is 30.1 Å². The largest absolute Gasteiger partial charge is 0.497 e. The molecule has 2 heterocycles. The van der Waals surface area contributed by atoms with Gasteiger partial charge in [0.25, 0.3) is 0 Å². The maximum absolute atomic E-state index is 13.1. The molecule has 6 nitrogen and oxygen atoms in total. The molecule has 10 heteroatoms. The molecule has 1 saturated heterocycles. The molecule has 1 aliphatic heterocycles. The Labute approximate surface area is 201 Å². The zero-order valence-electron chi connectivity index (χ0n) is 17.5. The number of thiazole rings is 1. The van der Waals surface area contributed by atoms with Gasteiger partial charge in [0.2, 0.25) is 0 Å². The van der Waals surface area contributed by atoms with Gasteiger partial charge in [-0.2, -0.15) is 0 Å². The summed E-state index contributed by atoms with van der Waals surface area (Å²) in [5.74, 6) is 1.39. The van der Waals surface area contributed by atoms with Crippen LogP contribution in [-0.2, 0) is 9.84 Å². The summed E-state index contributed by atoms with van der Waals surface area (Å²) in [6.45, 7) is 1.21. The molecule has 1 aromatic heterocycles. The second kappa shape index (κ2) is 9.47. The van der Waals surface area contributed by atoms with E-state index in [1.165, 1.54) is 29.5 Å². The fourth-order valence-corrected chi connectivity index (χ4v) is 7.08. The summed E-state index contributed by atoms with van der Waals surface area (Å²) in [5, 5.41) is 3.01. The number of rotatable bonds is 6. The highest BCUT2D eigenvalue weighted by Gasteiger charge is 2.32. The second-order valence-electron chi connectivity index (χ2n) is 7.45. The van der Waals surface area contributed by atoms with Crippen LogP contribution in [0.3, 0.4) is 0 Å². The van der Waals surface area contributed by atoms with E-state index < -0.39 is 15.1 Å². The molecule has 0 saturated carbocycles. The van der Waals surface area contributed by atoms with Crippen molar-refractivity contribution in [2.24, 2.45) is 0 Å². The fourth-order valence-electron chi connectivity index (χ4n) is 3.74. The number of ether oxygens (including phenoxy) is 2. The first kappa shape index (κ1) is 23.2. The average molecular weight is 513 g/mol. The van der Waals surface area contributed by atoms with Gasteiger partial charge in [-0.1, -0.05) is 23.2 Å². The van der Waals surface area contributed by atoms with Crippen LogP contribution in [0, 0.1) is 0 Å². The number of benzene rings is 2. The van der Waals surface area contributed by atoms with E-state index in [0.29, 0.717) is 47.5 Å². The highest BCUT2D eigenvalue weighted by atomic mass is 35.5. The molecule has 3 aromatic rings. The Balaban J connectivity index is 1.48. The van der Waals surface area contributed by atoms with E-state index in [9.17, 15) is 8.42 Å². The summed E-state index contributed by atoms with van der Waals surface area (Å²) in [6, 6.07) is 10.1. The Bertz CT molecular complexity index is 1180. The first-order valence-electron chi connectivity index (χ1n) is 9.94. The van der Waals surface area contributed by atoms with E-state index in [1.807, 2.05) is 23.6 Å². The van der Waals surface area contributed by atoms with Crippen LogP contribution in [0.1, 0.15) is 12.8 Å². The number of hydrogen-bond acceptors (Lipinski definition) is 7. The van der Waals surface area contributed by atoms with Gasteiger partial charge < -0.3 is 14.4 Å². The molecule has 1 fully saturated rings. The molecular formula is C22H22Cl2N2O4S2. The van der Waals surface area contributed by atoms with Crippen molar-refractivity contribution < 1.29 is 17.9 Å². The third-order valence-corrected chi connectivity index (χ3v) is 9.03. The smallest absolute Gasteiger partial charge is 0.185 e. The van der Waals surface area contributed by atoms with Crippen molar-refractivity contribution in [2.45, 2.75) is 23.0 Å². The number of piperidine rings is 1. The van der Waals surface area contributed by atoms with E-state index in [0.717, 1.165) is 16.4 Å². The van der Waals surface area contributed by atoms with Crippen molar-refractivity contribution in [3.8, 4) is 22.8 Å². The van der Waals surface area contributed by atoms with E-state index >= 15 is 0 Å². The van der Waals surface area contributed by atoms with Gasteiger partial charge in [-0.3, -0.25) is 0 Å². The van der Waals surface area contributed by atoms with Gasteiger partial charge >= 0.3 is 0 Å². The number of nitrogens with zero attached hydrogens (tertiary/aromatic N) is 2. The molecule has 0 amide bonds. The first-order chi connectivity index (χ1) is 15.3. The Hall–Kier alpha value is -2.00. The molecule has 2 aromatic carbocycles. The molecule has 1 aliphatic rings. The maximum atomic E-state index is 13.1. The molecule has 32 heavy (non-hydrogen) atoms. The lowest BCUT2D eigenvalue weighted by atomic mass is 10.1. The van der Waals surface area contributed by atoms with Crippen molar-refractivity contribution in [3.63, 3.8) is 0 Å². The Kier molecular flexibility index (Phi) is 6.86. The molecule has 0 atom stereocenters. The average Bonchev–Trinajstić information content (AvgIpc) is 3.28. The van der Waals surface area contributed by atoms with Crippen LogP contribution in [0.15, 0.2) is 46.7 Å². The molecule has 4 rings (SSSR count). The second-order valence-corrected chi connectivity index (χ2v) is 11.4. The van der Waals surface area contributed by atoms with Crippen LogP contribution >= 0.6 is 34.5 Å². The lowest BCUT2D eigenvalue weighted by Gasteiger charge is -2.31. The summed E-state index contributed by atoms with van der Waals surface area (Å²) in [5.41, 5.74) is 1.73. The van der Waals surface area contributed by atoms with E-state index in [4.69, 9.17) is 37.7 Å². The number of anilines is 1. The van der Waals surface area contributed by atoms with E-state index in [1.54, 1.807) is 14.2 Å². The monoisotopic (exact) mass is 512 g/mol. The summed E-state index contributed by atoms with van der Waals surface area (Å²) in [6.07, 6.45) is 1.02. The summed E-state index contributed by atoms with van der Waals surface area (Å²) in [7, 11) is -0.283. The molecule has 0 unspecified atom stereocenters. The Morgan fingerprint density at radius 3 is 2.12 bits per heavy atom. The van der Waals surface area contributed by atoms with Gasteiger partial charge in [-0.25, -0.2) is 13.4 Å². The number of methoxy groups -OCH3 is 2. The number of sulfone groups is 1. The van der Waals surface area contributed by atoms with Gasteiger partial charge in [0, 0.05) is 40.1 Å². The molecule has 0 N–H and O–H groups in total. The van der Waals surface area contributed by atoms with Crippen molar-refractivity contribution >= 4 is 49.5 Å². The predicted octanol–water partition coefficient (Wildman–Crippen LogP) is 5.58. The quantitative estimate of drug-likeness (QED) is 0.429. The minimum atomic E-state index is -3.51. The zero-order valence-corrected chi connectivity index (χ0v) is 20.7. The standard InChI is InChI=1S/C22H22Cl2N2O4S2/c1-29-17-7-14(8-18(12-17)30-2)21-13-31-22(25-21)26-5-3-19(4-6-26)32(27,28)20-10-15(23)9-16(24)11-20/h7-13,19H,3-6H2,1-2H3. The summed E-state index contributed by atoms with van der Waals surface area (Å²) in [4.78, 5) is 7.08. The minimum absolute atomic E-state index is 0.178. The maximum Gasteiger partial charge on any atom is 0.185 e. The first-order valence-corrected chi connectivity index (χ1v) is 13.1. The van der Waals surface area contributed by atoms with E-state index in [-0.39, 0.29) is 4.90 Å². The van der Waals surface area contributed by atoms with Crippen LogP contribution < -0.4 is 14.4 Å². The lowest BCUT2D eigenvalue weighted by molar-refractivity contribution is 0.394. The van der Waals surface area contributed by atoms with Crippen molar-refractivity contribution in [2.75, 3.05) is 32.2 Å². The topological polar surface area (TPSA) is 68.7 Å². The third-order valence-electron chi connectivity index (χ3n) is 5.46. The van der Waals surface area contributed by atoms with Gasteiger partial charge in [0.15, 0.2) is 15.0 Å². The molecule has 0 spiro atoms. The van der Waals surface area contributed by atoms with Crippen LogP contribution in [0.2, 0.25) is 10.0 Å². The highest BCUT2D eigenvalue weighted by Crippen LogP contribution is 2.35. The fraction of sp³-hybridized carbons (Fsp3) is 0.318. The van der Waals surface area contributed by atoms with Gasteiger partial charge in [0.1, 0.15) is 11.5 Å². The van der Waals surface area contributed by atoms with Crippen LogP contribution in [0.5, 0.6) is 11.5 Å². The number of aromatic nitrogens is 1. The van der Waals surface area contributed by atoms with Crippen LogP contribution in [-0.4, -0.2) is 46.0 Å². The third kappa shape index (κ3) is 4.83. The summed E-state index contributed by atoms with van der Waals surface area (Å²) >= 11 is 13.6. The molecule has 0 bridgehead atoms. The predicted molar refractivity (Wildman–Crippen MR) is 130 cm³/mol. The Morgan fingerprint density at radius 1 is 0.969 bits per heavy atom. The van der Waals surface area contributed by atoms with E-state index in [2.05, 4.69) is 4.90 Å². The number of halogens is 2. The molecule has 0 radical (unpaired) electrons. The van der Waals surface area contributed by atoms with Crippen LogP contribution in [0.4, 0.5) is 5.13 Å². The lowest BCUT2D eigenvalue weighted by Crippen LogP contribution is -2.39. The highest BCUT2D eigenvalue weighted by molar-refractivity contribution is 7.92. The number of hydrogen-bond donors (Lipinski definition) is 0. The van der Waals surface area contributed by atoms with Gasteiger partial charge in [-0.15, -0.1) is 11.3 Å². The minimum Gasteiger partial charge on any atom is -0.497 e. The van der Waals surface area contributed by atoms with Gasteiger partial charge in [-0.05, 0) is 43.2 Å². The van der Waals surface area contributed by atoms with Crippen molar-refractivity contribution in [3.05, 3.63) is 51.8 Å². The van der Waals surface area contributed by atoms with Crippen molar-refractivity contribution in [1.82, 2.24) is 4.98 Å². The normalized spacial score (nSPS) is 15.1. The zero-order chi connectivity index (χ0) is 22.9. The summed E-state index contributed by atoms with van der Waals surface area (Å²) < 4.78 is 36.8. The van der Waals surface area contributed by atoms with Crippen LogP contribution in [0.25, 0.3) is 11.3 Å². The van der Waals surface area contributed by atoms with Crippen molar-refractivity contribution in [1.29, 1.82) is 0 Å².